The third-order valence-electron chi connectivity index (χ3n) is 5.90. The molecule has 0 amide bonds. The van der Waals surface area contributed by atoms with Crippen molar-refractivity contribution < 1.29 is 0 Å². The third kappa shape index (κ3) is 1.92. The quantitative estimate of drug-likeness (QED) is 0.908. The monoisotopic (exact) mass is 260 g/mol. The normalized spacial score (nSPS) is 41.7. The van der Waals surface area contributed by atoms with Gasteiger partial charge in [0.05, 0.1) is 6.04 Å². The Hall–Kier alpha value is -0.900. The van der Waals surface area contributed by atoms with Crippen LogP contribution in [0.15, 0.2) is 6.33 Å². The summed E-state index contributed by atoms with van der Waals surface area (Å²) in [5.74, 6) is 3.95. The van der Waals surface area contributed by atoms with Crippen LogP contribution in [-0.4, -0.2) is 14.8 Å². The summed E-state index contributed by atoms with van der Waals surface area (Å²) in [5, 5.41) is 4.16. The topological polar surface area (TPSA) is 56.7 Å². The highest BCUT2D eigenvalue weighted by Crippen LogP contribution is 2.62. The summed E-state index contributed by atoms with van der Waals surface area (Å²) in [6, 6.07) is 0.0590. The first-order valence-electron chi connectivity index (χ1n) is 7.73. The van der Waals surface area contributed by atoms with E-state index < -0.39 is 0 Å². The van der Waals surface area contributed by atoms with Crippen LogP contribution in [0.2, 0.25) is 0 Å². The van der Waals surface area contributed by atoms with Gasteiger partial charge in [0, 0.05) is 7.05 Å². The summed E-state index contributed by atoms with van der Waals surface area (Å²) >= 11 is 0. The number of rotatable bonds is 3. The minimum absolute atomic E-state index is 0.0590. The molecular weight excluding hydrogens is 236 g/mol. The summed E-state index contributed by atoms with van der Waals surface area (Å²) in [5.41, 5.74) is 6.97. The summed E-state index contributed by atoms with van der Waals surface area (Å²) in [6.07, 6.45) is 11.5. The molecule has 2 N–H and O–H groups in total. The zero-order chi connectivity index (χ0) is 13.0. The third-order valence-corrected chi connectivity index (χ3v) is 5.90. The number of aromatic nitrogens is 3. The molecule has 4 nitrogen and oxygen atoms in total. The van der Waals surface area contributed by atoms with Gasteiger partial charge < -0.3 is 5.73 Å². The zero-order valence-electron chi connectivity index (χ0n) is 11.8. The lowest BCUT2D eigenvalue weighted by molar-refractivity contribution is -0.0609. The molecule has 4 aliphatic carbocycles. The first kappa shape index (κ1) is 11.9. The van der Waals surface area contributed by atoms with Crippen molar-refractivity contribution >= 4 is 0 Å². The number of nitrogens with two attached hydrogens (primary N) is 1. The number of hydrogen-bond acceptors (Lipinski definition) is 3. The summed E-state index contributed by atoms with van der Waals surface area (Å²) in [4.78, 5) is 4.34. The second kappa shape index (κ2) is 4.05. The maximum absolute atomic E-state index is 6.44. The van der Waals surface area contributed by atoms with Gasteiger partial charge in [-0.1, -0.05) is 0 Å². The second-order valence-electron chi connectivity index (χ2n) is 7.47. The Morgan fingerprint density at radius 2 is 1.84 bits per heavy atom. The minimum Gasteiger partial charge on any atom is -0.321 e. The standard InChI is InChI=1S/C15H24N4/c1-19-14(17-9-18-19)13(16)8-15-5-10-2-11(6-15)4-12(3-10)7-15/h9-13H,2-8,16H2,1H3. The van der Waals surface area contributed by atoms with Crippen LogP contribution in [0.5, 0.6) is 0 Å². The molecule has 0 radical (unpaired) electrons. The van der Waals surface area contributed by atoms with Crippen molar-refractivity contribution in [1.29, 1.82) is 0 Å². The smallest absolute Gasteiger partial charge is 0.143 e. The molecule has 19 heavy (non-hydrogen) atoms. The van der Waals surface area contributed by atoms with Crippen LogP contribution in [-0.2, 0) is 7.05 Å². The van der Waals surface area contributed by atoms with E-state index in [9.17, 15) is 0 Å². The largest absolute Gasteiger partial charge is 0.321 e. The Bertz CT molecular complexity index is 443. The van der Waals surface area contributed by atoms with E-state index in [1.165, 1.54) is 38.5 Å². The number of aryl methyl sites for hydroxylation is 1. The molecule has 4 saturated carbocycles. The fraction of sp³-hybridized carbons (Fsp3) is 0.867. The summed E-state index contributed by atoms with van der Waals surface area (Å²) in [6.45, 7) is 0. The molecule has 0 aliphatic heterocycles. The van der Waals surface area contributed by atoms with E-state index in [1.54, 1.807) is 6.33 Å². The number of hydrogen-bond donors (Lipinski definition) is 1. The van der Waals surface area contributed by atoms with Gasteiger partial charge in [-0.05, 0) is 68.1 Å². The Balaban J connectivity index is 1.55. The van der Waals surface area contributed by atoms with Gasteiger partial charge in [-0.3, -0.25) is 4.68 Å². The van der Waals surface area contributed by atoms with Gasteiger partial charge >= 0.3 is 0 Å². The minimum atomic E-state index is 0.0590. The molecule has 4 aliphatic rings. The average molecular weight is 260 g/mol. The molecule has 0 saturated heterocycles. The van der Waals surface area contributed by atoms with Crippen molar-refractivity contribution in [2.45, 2.75) is 51.0 Å². The van der Waals surface area contributed by atoms with E-state index in [2.05, 4.69) is 10.1 Å². The van der Waals surface area contributed by atoms with Crippen molar-refractivity contribution in [1.82, 2.24) is 14.8 Å². The van der Waals surface area contributed by atoms with Crippen molar-refractivity contribution in [3.05, 3.63) is 12.2 Å². The molecular formula is C15H24N4. The van der Waals surface area contributed by atoms with Crippen molar-refractivity contribution in [3.8, 4) is 0 Å². The molecule has 5 rings (SSSR count). The van der Waals surface area contributed by atoms with Gasteiger partial charge in [-0.15, -0.1) is 0 Å². The Morgan fingerprint density at radius 1 is 1.26 bits per heavy atom. The van der Waals surface area contributed by atoms with Crippen LogP contribution in [0.25, 0.3) is 0 Å². The zero-order valence-corrected chi connectivity index (χ0v) is 11.8. The van der Waals surface area contributed by atoms with Gasteiger partial charge in [-0.25, -0.2) is 4.98 Å². The van der Waals surface area contributed by atoms with E-state index >= 15 is 0 Å². The molecule has 1 atom stereocenters. The van der Waals surface area contributed by atoms with Crippen molar-refractivity contribution in [2.24, 2.45) is 36.0 Å². The molecule has 1 aromatic heterocycles. The average Bonchev–Trinajstić information content (AvgIpc) is 2.72. The van der Waals surface area contributed by atoms with E-state index in [1.807, 2.05) is 11.7 Å². The first-order chi connectivity index (χ1) is 9.13. The SMILES string of the molecule is Cn1ncnc1C(N)CC12CC3CC(CC(C3)C1)C2. The lowest BCUT2D eigenvalue weighted by Gasteiger charge is -2.57. The molecule has 104 valence electrons. The highest BCUT2D eigenvalue weighted by Gasteiger charge is 2.51. The van der Waals surface area contributed by atoms with Crippen molar-refractivity contribution in [2.75, 3.05) is 0 Å². The maximum atomic E-state index is 6.44. The first-order valence-corrected chi connectivity index (χ1v) is 7.73. The fourth-order valence-corrected chi connectivity index (χ4v) is 5.74. The van der Waals surface area contributed by atoms with Crippen LogP contribution in [0.4, 0.5) is 0 Å². The Morgan fingerprint density at radius 3 is 2.32 bits per heavy atom. The van der Waals surface area contributed by atoms with Crippen LogP contribution < -0.4 is 5.73 Å². The molecule has 1 unspecified atom stereocenters. The van der Waals surface area contributed by atoms with Gasteiger partial charge in [-0.2, -0.15) is 5.10 Å². The Kier molecular flexibility index (Phi) is 2.53. The highest BCUT2D eigenvalue weighted by molar-refractivity contribution is 5.05. The van der Waals surface area contributed by atoms with Crippen LogP contribution in [0, 0.1) is 23.2 Å². The molecule has 1 heterocycles. The molecule has 0 spiro atoms. The summed E-state index contributed by atoms with van der Waals surface area (Å²) < 4.78 is 1.84. The van der Waals surface area contributed by atoms with Crippen molar-refractivity contribution in [3.63, 3.8) is 0 Å². The van der Waals surface area contributed by atoms with Crippen LogP contribution in [0.1, 0.15) is 56.8 Å². The predicted octanol–water partition coefficient (Wildman–Crippen LogP) is 2.42. The molecule has 4 bridgehead atoms. The lowest BCUT2D eigenvalue weighted by atomic mass is 9.48. The lowest BCUT2D eigenvalue weighted by Crippen LogP contribution is -2.47. The second-order valence-corrected chi connectivity index (χ2v) is 7.47. The Labute approximate surface area is 114 Å². The van der Waals surface area contributed by atoms with E-state index in [-0.39, 0.29) is 6.04 Å². The van der Waals surface area contributed by atoms with Gasteiger partial charge in [0.25, 0.3) is 0 Å². The van der Waals surface area contributed by atoms with Gasteiger partial charge in [0.2, 0.25) is 0 Å². The maximum Gasteiger partial charge on any atom is 0.143 e. The fourth-order valence-electron chi connectivity index (χ4n) is 5.74. The van der Waals surface area contributed by atoms with Crippen LogP contribution in [0.3, 0.4) is 0 Å². The van der Waals surface area contributed by atoms with E-state index in [4.69, 9.17) is 5.73 Å². The highest BCUT2D eigenvalue weighted by atomic mass is 15.3. The van der Waals surface area contributed by atoms with Gasteiger partial charge in [0.15, 0.2) is 0 Å². The molecule has 1 aromatic rings. The molecule has 0 aromatic carbocycles. The molecule has 4 fully saturated rings. The predicted molar refractivity (Wildman–Crippen MR) is 73.2 cm³/mol. The molecule has 4 heteroatoms. The number of nitrogens with zero attached hydrogens (tertiary/aromatic N) is 3. The van der Waals surface area contributed by atoms with Crippen LogP contribution >= 0.6 is 0 Å². The summed E-state index contributed by atoms with van der Waals surface area (Å²) in [7, 11) is 1.95. The van der Waals surface area contributed by atoms with E-state index in [0.717, 1.165) is 30.0 Å². The van der Waals surface area contributed by atoms with Gasteiger partial charge in [0.1, 0.15) is 12.2 Å². The van der Waals surface area contributed by atoms with E-state index in [0.29, 0.717) is 5.41 Å².